The van der Waals surface area contributed by atoms with E-state index < -0.39 is 5.97 Å². The highest BCUT2D eigenvalue weighted by Gasteiger charge is 2.14. The van der Waals surface area contributed by atoms with E-state index in [1.165, 1.54) is 23.7 Å². The van der Waals surface area contributed by atoms with Gasteiger partial charge in [-0.3, -0.25) is 4.79 Å². The van der Waals surface area contributed by atoms with Crippen LogP contribution in [0.1, 0.15) is 25.1 Å². The van der Waals surface area contributed by atoms with E-state index in [1.54, 1.807) is 12.1 Å². The van der Waals surface area contributed by atoms with E-state index in [0.29, 0.717) is 4.88 Å². The summed E-state index contributed by atoms with van der Waals surface area (Å²) in [5.74, 6) is -0.639. The Hall–Kier alpha value is -1.88. The predicted octanol–water partition coefficient (Wildman–Crippen LogP) is 2.69. The van der Waals surface area contributed by atoms with Crippen molar-refractivity contribution < 1.29 is 18.7 Å². The lowest BCUT2D eigenvalue weighted by Gasteiger charge is -2.00. The summed E-state index contributed by atoms with van der Waals surface area (Å²) in [6, 6.07) is 6.65. The Morgan fingerprint density at radius 1 is 1.35 bits per heavy atom. The first-order valence-electron chi connectivity index (χ1n) is 4.97. The molecule has 0 aromatic carbocycles. The van der Waals surface area contributed by atoms with Gasteiger partial charge >= 0.3 is 5.97 Å². The molecule has 2 aromatic heterocycles. The maximum atomic E-state index is 11.5. The molecular formula is C12H10O4S. The third-order valence-corrected chi connectivity index (χ3v) is 3.05. The normalized spacial score (nSPS) is 10.2. The number of furan rings is 1. The van der Waals surface area contributed by atoms with Gasteiger partial charge in [-0.1, -0.05) is 0 Å². The van der Waals surface area contributed by atoms with Gasteiger partial charge in [-0.2, -0.15) is 0 Å². The molecule has 0 atom stereocenters. The number of hydrogen-bond acceptors (Lipinski definition) is 5. The Morgan fingerprint density at radius 3 is 2.76 bits per heavy atom. The Kier molecular flexibility index (Phi) is 3.39. The summed E-state index contributed by atoms with van der Waals surface area (Å²) < 4.78 is 9.79. The van der Waals surface area contributed by atoms with Crippen LogP contribution in [-0.4, -0.2) is 18.4 Å². The first kappa shape index (κ1) is 11.6. The molecule has 0 saturated heterocycles. The number of thiophene rings is 1. The summed E-state index contributed by atoms with van der Waals surface area (Å²) in [6.07, 6.45) is 1.40. The Labute approximate surface area is 102 Å². The number of aryl methyl sites for hydroxylation is 1. The molecule has 5 heteroatoms. The molecule has 17 heavy (non-hydrogen) atoms. The zero-order valence-corrected chi connectivity index (χ0v) is 9.95. The molecule has 0 spiro atoms. The van der Waals surface area contributed by atoms with Crippen molar-refractivity contribution in [2.45, 2.75) is 6.92 Å². The van der Waals surface area contributed by atoms with Crippen LogP contribution >= 0.6 is 11.3 Å². The Bertz CT molecular complexity index is 524. The fourth-order valence-corrected chi connectivity index (χ4v) is 2.02. The number of ether oxygens (including phenoxy) is 1. The average molecular weight is 250 g/mol. The number of Topliss-reactive ketones (excluding diaryl/α,β-unsaturated/α-hetero) is 1. The molecule has 0 radical (unpaired) electrons. The summed E-state index contributed by atoms with van der Waals surface area (Å²) in [5, 5.41) is 0. The van der Waals surface area contributed by atoms with Gasteiger partial charge in [0.1, 0.15) is 4.88 Å². The third-order valence-electron chi connectivity index (χ3n) is 2.07. The lowest BCUT2D eigenvalue weighted by molar-refractivity contribution is 0.0472. The number of esters is 1. The van der Waals surface area contributed by atoms with Crippen LogP contribution in [0.15, 0.2) is 34.9 Å². The van der Waals surface area contributed by atoms with E-state index in [-0.39, 0.29) is 18.2 Å². The summed E-state index contributed by atoms with van der Waals surface area (Å²) in [4.78, 5) is 24.5. The first-order chi connectivity index (χ1) is 8.16. The molecule has 0 amide bonds. The summed E-state index contributed by atoms with van der Waals surface area (Å²) >= 11 is 1.34. The Morgan fingerprint density at radius 2 is 2.18 bits per heavy atom. The van der Waals surface area contributed by atoms with Crippen LogP contribution in [0.25, 0.3) is 0 Å². The molecule has 0 saturated carbocycles. The second kappa shape index (κ2) is 4.97. The van der Waals surface area contributed by atoms with Crippen LogP contribution in [0.4, 0.5) is 0 Å². The first-order valence-corrected chi connectivity index (χ1v) is 5.79. The summed E-state index contributed by atoms with van der Waals surface area (Å²) in [6.45, 7) is 1.60. The highest BCUT2D eigenvalue weighted by Crippen LogP contribution is 2.16. The molecule has 0 bridgehead atoms. The van der Waals surface area contributed by atoms with Crippen LogP contribution in [0.3, 0.4) is 0 Å². The predicted molar refractivity (Wildman–Crippen MR) is 62.4 cm³/mol. The summed E-state index contributed by atoms with van der Waals surface area (Å²) in [5.41, 5.74) is 0. The number of rotatable bonds is 4. The van der Waals surface area contributed by atoms with Gasteiger partial charge in [0.15, 0.2) is 12.4 Å². The van der Waals surface area contributed by atoms with Crippen LogP contribution < -0.4 is 0 Å². The largest absolute Gasteiger partial charge is 0.461 e. The van der Waals surface area contributed by atoms with Crippen LogP contribution in [-0.2, 0) is 4.74 Å². The maximum Gasteiger partial charge on any atom is 0.348 e. The molecule has 2 heterocycles. The van der Waals surface area contributed by atoms with E-state index in [0.717, 1.165) is 4.88 Å². The van der Waals surface area contributed by atoms with Gasteiger partial charge in [-0.05, 0) is 31.2 Å². The van der Waals surface area contributed by atoms with Crippen LogP contribution in [0, 0.1) is 6.92 Å². The fraction of sp³-hybridized carbons (Fsp3) is 0.167. The molecule has 2 aromatic rings. The van der Waals surface area contributed by atoms with Gasteiger partial charge < -0.3 is 9.15 Å². The minimum absolute atomic E-state index is 0.195. The molecule has 4 nitrogen and oxygen atoms in total. The van der Waals surface area contributed by atoms with E-state index in [9.17, 15) is 9.59 Å². The number of hydrogen-bond donors (Lipinski definition) is 0. The van der Waals surface area contributed by atoms with Crippen molar-refractivity contribution in [1.82, 2.24) is 0 Å². The molecular weight excluding hydrogens is 240 g/mol. The number of carbonyl (C=O) groups is 2. The minimum atomic E-state index is -0.483. The lowest BCUT2D eigenvalue weighted by Crippen LogP contribution is -2.12. The molecule has 0 aliphatic rings. The molecule has 2 rings (SSSR count). The maximum absolute atomic E-state index is 11.5. The number of ketones is 1. The van der Waals surface area contributed by atoms with Crippen molar-refractivity contribution in [3.8, 4) is 0 Å². The van der Waals surface area contributed by atoms with Crippen molar-refractivity contribution >= 4 is 23.1 Å². The SMILES string of the molecule is Cc1ccc(C(=O)OCC(=O)c2ccco2)s1. The van der Waals surface area contributed by atoms with Crippen LogP contribution in [0.2, 0.25) is 0 Å². The van der Waals surface area contributed by atoms with Gasteiger partial charge in [0.05, 0.1) is 6.26 Å². The van der Waals surface area contributed by atoms with E-state index >= 15 is 0 Å². The molecule has 0 aliphatic carbocycles. The quantitative estimate of drug-likeness (QED) is 0.618. The van der Waals surface area contributed by atoms with Crippen molar-refractivity contribution in [3.63, 3.8) is 0 Å². The standard InChI is InChI=1S/C12H10O4S/c1-8-4-5-11(17-8)12(14)16-7-9(13)10-3-2-6-15-10/h2-6H,7H2,1H3. The van der Waals surface area contributed by atoms with Crippen molar-refractivity contribution in [2.75, 3.05) is 6.61 Å². The summed E-state index contributed by atoms with van der Waals surface area (Å²) in [7, 11) is 0. The molecule has 0 unspecified atom stereocenters. The van der Waals surface area contributed by atoms with Gasteiger partial charge in [-0.15, -0.1) is 11.3 Å². The number of carbonyl (C=O) groups excluding carboxylic acids is 2. The van der Waals surface area contributed by atoms with Crippen LogP contribution in [0.5, 0.6) is 0 Å². The Balaban J connectivity index is 1.91. The smallest absolute Gasteiger partial charge is 0.348 e. The average Bonchev–Trinajstić information content (AvgIpc) is 2.95. The molecule has 0 fully saturated rings. The molecule has 0 N–H and O–H groups in total. The monoisotopic (exact) mass is 250 g/mol. The molecule has 88 valence electrons. The lowest BCUT2D eigenvalue weighted by atomic mass is 10.3. The van der Waals surface area contributed by atoms with Gasteiger partial charge in [0, 0.05) is 4.88 Å². The van der Waals surface area contributed by atoms with Crippen molar-refractivity contribution in [3.05, 3.63) is 46.0 Å². The second-order valence-electron chi connectivity index (χ2n) is 3.39. The van der Waals surface area contributed by atoms with Crippen molar-refractivity contribution in [1.29, 1.82) is 0 Å². The zero-order chi connectivity index (χ0) is 12.3. The van der Waals surface area contributed by atoms with Gasteiger partial charge in [0.2, 0.25) is 5.78 Å². The van der Waals surface area contributed by atoms with E-state index in [4.69, 9.17) is 9.15 Å². The van der Waals surface area contributed by atoms with Crippen molar-refractivity contribution in [2.24, 2.45) is 0 Å². The highest BCUT2D eigenvalue weighted by atomic mass is 32.1. The fourth-order valence-electron chi connectivity index (χ4n) is 1.25. The topological polar surface area (TPSA) is 56.5 Å². The second-order valence-corrected chi connectivity index (χ2v) is 4.67. The zero-order valence-electron chi connectivity index (χ0n) is 9.14. The van der Waals surface area contributed by atoms with E-state index in [2.05, 4.69) is 0 Å². The highest BCUT2D eigenvalue weighted by molar-refractivity contribution is 7.13. The van der Waals surface area contributed by atoms with E-state index in [1.807, 2.05) is 13.0 Å². The third kappa shape index (κ3) is 2.82. The van der Waals surface area contributed by atoms with Gasteiger partial charge in [0.25, 0.3) is 0 Å². The minimum Gasteiger partial charge on any atom is -0.461 e. The molecule has 0 aliphatic heterocycles. The van der Waals surface area contributed by atoms with Gasteiger partial charge in [-0.25, -0.2) is 4.79 Å².